The maximum atomic E-state index is 4.10. The molecule has 1 N–H and O–H groups in total. The molecule has 1 aliphatic carbocycles. The SMILES string of the molecule is CC(CC1CC1)NCc1cncn1C. The van der Waals surface area contributed by atoms with Crippen LogP contribution in [0.25, 0.3) is 0 Å². The minimum absolute atomic E-state index is 0.636. The lowest BCUT2D eigenvalue weighted by molar-refractivity contribution is 0.480. The van der Waals surface area contributed by atoms with Gasteiger partial charge in [-0.25, -0.2) is 4.98 Å². The molecule has 1 unspecified atom stereocenters. The molecule has 3 heteroatoms. The molecule has 0 aromatic carbocycles. The monoisotopic (exact) mass is 193 g/mol. The van der Waals surface area contributed by atoms with Gasteiger partial charge in [0.15, 0.2) is 0 Å². The van der Waals surface area contributed by atoms with Crippen molar-refractivity contribution in [2.45, 2.75) is 38.8 Å². The first-order valence-electron chi connectivity index (χ1n) is 5.44. The summed E-state index contributed by atoms with van der Waals surface area (Å²) in [5.41, 5.74) is 1.26. The van der Waals surface area contributed by atoms with Gasteiger partial charge in [-0.2, -0.15) is 0 Å². The third-order valence-corrected chi connectivity index (χ3v) is 2.93. The van der Waals surface area contributed by atoms with E-state index in [-0.39, 0.29) is 0 Å². The highest BCUT2D eigenvalue weighted by Crippen LogP contribution is 2.33. The molecule has 14 heavy (non-hydrogen) atoms. The molecule has 1 aromatic heterocycles. The first-order chi connectivity index (χ1) is 6.75. The van der Waals surface area contributed by atoms with Crippen LogP contribution in [-0.4, -0.2) is 15.6 Å². The molecule has 0 bridgehead atoms. The summed E-state index contributed by atoms with van der Waals surface area (Å²) in [5, 5.41) is 3.54. The molecule has 1 atom stereocenters. The van der Waals surface area contributed by atoms with Crippen molar-refractivity contribution in [1.29, 1.82) is 0 Å². The van der Waals surface area contributed by atoms with Crippen molar-refractivity contribution < 1.29 is 0 Å². The molecule has 0 spiro atoms. The van der Waals surface area contributed by atoms with E-state index in [0.29, 0.717) is 6.04 Å². The van der Waals surface area contributed by atoms with E-state index >= 15 is 0 Å². The molecule has 0 saturated heterocycles. The number of aromatic nitrogens is 2. The van der Waals surface area contributed by atoms with Gasteiger partial charge in [-0.15, -0.1) is 0 Å². The Morgan fingerprint density at radius 3 is 3.00 bits per heavy atom. The Morgan fingerprint density at radius 2 is 2.43 bits per heavy atom. The molecule has 0 radical (unpaired) electrons. The van der Waals surface area contributed by atoms with Gasteiger partial charge in [-0.1, -0.05) is 12.8 Å². The van der Waals surface area contributed by atoms with Gasteiger partial charge >= 0.3 is 0 Å². The van der Waals surface area contributed by atoms with E-state index in [1.54, 1.807) is 0 Å². The largest absolute Gasteiger partial charge is 0.337 e. The Balaban J connectivity index is 1.73. The minimum Gasteiger partial charge on any atom is -0.337 e. The standard InChI is InChI=1S/C11H19N3/c1-9(5-10-3-4-10)13-7-11-6-12-8-14(11)2/h6,8-10,13H,3-5,7H2,1-2H3. The van der Waals surface area contributed by atoms with Crippen LogP contribution >= 0.6 is 0 Å². The van der Waals surface area contributed by atoms with E-state index in [4.69, 9.17) is 0 Å². The maximum Gasteiger partial charge on any atom is 0.0945 e. The number of imidazole rings is 1. The molecular formula is C11H19N3. The second-order valence-electron chi connectivity index (χ2n) is 4.46. The van der Waals surface area contributed by atoms with E-state index in [1.165, 1.54) is 25.0 Å². The lowest BCUT2D eigenvalue weighted by atomic mass is 10.1. The highest BCUT2D eigenvalue weighted by atomic mass is 15.0. The second kappa shape index (κ2) is 4.13. The molecule has 1 fully saturated rings. The summed E-state index contributed by atoms with van der Waals surface area (Å²) in [7, 11) is 2.04. The second-order valence-corrected chi connectivity index (χ2v) is 4.46. The topological polar surface area (TPSA) is 29.9 Å². The van der Waals surface area contributed by atoms with Gasteiger partial charge in [0.2, 0.25) is 0 Å². The van der Waals surface area contributed by atoms with Crippen LogP contribution in [0.1, 0.15) is 31.9 Å². The summed E-state index contributed by atoms with van der Waals surface area (Å²) < 4.78 is 2.07. The van der Waals surface area contributed by atoms with Crippen LogP contribution in [0.4, 0.5) is 0 Å². The summed E-state index contributed by atoms with van der Waals surface area (Å²) in [6.45, 7) is 3.21. The average Bonchev–Trinajstić information content (AvgIpc) is 2.86. The lowest BCUT2D eigenvalue weighted by Gasteiger charge is -2.13. The molecule has 1 saturated carbocycles. The zero-order valence-electron chi connectivity index (χ0n) is 9.03. The molecule has 0 amide bonds. The van der Waals surface area contributed by atoms with E-state index in [1.807, 2.05) is 19.6 Å². The highest BCUT2D eigenvalue weighted by Gasteiger charge is 2.23. The first kappa shape index (κ1) is 9.71. The van der Waals surface area contributed by atoms with Crippen molar-refractivity contribution in [1.82, 2.24) is 14.9 Å². The summed E-state index contributed by atoms with van der Waals surface area (Å²) in [6.07, 6.45) is 7.99. The number of nitrogens with one attached hydrogen (secondary N) is 1. The molecule has 0 aliphatic heterocycles. The predicted molar refractivity (Wildman–Crippen MR) is 56.9 cm³/mol. The predicted octanol–water partition coefficient (Wildman–Crippen LogP) is 1.70. The van der Waals surface area contributed by atoms with Crippen molar-refractivity contribution in [3.8, 4) is 0 Å². The van der Waals surface area contributed by atoms with Crippen LogP contribution in [0.2, 0.25) is 0 Å². The first-order valence-corrected chi connectivity index (χ1v) is 5.44. The summed E-state index contributed by atoms with van der Waals surface area (Å²) in [4.78, 5) is 4.10. The van der Waals surface area contributed by atoms with Crippen molar-refractivity contribution >= 4 is 0 Å². The van der Waals surface area contributed by atoms with Crippen molar-refractivity contribution in [3.05, 3.63) is 18.2 Å². The number of rotatable bonds is 5. The highest BCUT2D eigenvalue weighted by molar-refractivity contribution is 4.97. The minimum atomic E-state index is 0.636. The van der Waals surface area contributed by atoms with Gasteiger partial charge in [-0.05, 0) is 19.3 Å². The zero-order chi connectivity index (χ0) is 9.97. The Bertz CT molecular complexity index is 288. The average molecular weight is 193 g/mol. The number of nitrogens with zero attached hydrogens (tertiary/aromatic N) is 2. The van der Waals surface area contributed by atoms with E-state index < -0.39 is 0 Å². The van der Waals surface area contributed by atoms with Crippen LogP contribution in [0.5, 0.6) is 0 Å². The van der Waals surface area contributed by atoms with E-state index in [9.17, 15) is 0 Å². The molecule has 2 rings (SSSR count). The fraction of sp³-hybridized carbons (Fsp3) is 0.727. The van der Waals surface area contributed by atoms with Crippen molar-refractivity contribution in [2.75, 3.05) is 0 Å². The third kappa shape index (κ3) is 2.58. The van der Waals surface area contributed by atoms with Gasteiger partial charge in [0, 0.05) is 25.8 Å². The van der Waals surface area contributed by atoms with Crippen LogP contribution in [0, 0.1) is 5.92 Å². The Morgan fingerprint density at radius 1 is 1.64 bits per heavy atom. The molecule has 3 nitrogen and oxygen atoms in total. The lowest BCUT2D eigenvalue weighted by Crippen LogP contribution is -2.26. The van der Waals surface area contributed by atoms with E-state index in [2.05, 4.69) is 21.8 Å². The van der Waals surface area contributed by atoms with Gasteiger partial charge in [0.25, 0.3) is 0 Å². The Labute approximate surface area is 85.5 Å². The smallest absolute Gasteiger partial charge is 0.0945 e. The summed E-state index contributed by atoms with van der Waals surface area (Å²) in [6, 6.07) is 0.636. The maximum absolute atomic E-state index is 4.10. The van der Waals surface area contributed by atoms with Crippen LogP contribution < -0.4 is 5.32 Å². The number of hydrogen-bond donors (Lipinski definition) is 1. The normalized spacial score (nSPS) is 18.4. The molecule has 1 aliphatic rings. The van der Waals surface area contributed by atoms with Crippen LogP contribution in [0.3, 0.4) is 0 Å². The van der Waals surface area contributed by atoms with E-state index in [0.717, 1.165) is 12.5 Å². The fourth-order valence-electron chi connectivity index (χ4n) is 1.77. The van der Waals surface area contributed by atoms with Gasteiger partial charge in [-0.3, -0.25) is 0 Å². The quantitative estimate of drug-likeness (QED) is 0.771. The van der Waals surface area contributed by atoms with Gasteiger partial charge in [0.05, 0.1) is 12.0 Å². The van der Waals surface area contributed by atoms with Crippen LogP contribution in [-0.2, 0) is 13.6 Å². The molecular weight excluding hydrogens is 174 g/mol. The van der Waals surface area contributed by atoms with Crippen LogP contribution in [0.15, 0.2) is 12.5 Å². The van der Waals surface area contributed by atoms with Crippen molar-refractivity contribution in [2.24, 2.45) is 13.0 Å². The number of aryl methyl sites for hydroxylation is 1. The van der Waals surface area contributed by atoms with Gasteiger partial charge in [0.1, 0.15) is 0 Å². The zero-order valence-corrected chi connectivity index (χ0v) is 9.03. The molecule has 1 heterocycles. The Kier molecular flexibility index (Phi) is 2.87. The van der Waals surface area contributed by atoms with Crippen molar-refractivity contribution in [3.63, 3.8) is 0 Å². The molecule has 1 aromatic rings. The summed E-state index contributed by atoms with van der Waals surface area (Å²) >= 11 is 0. The summed E-state index contributed by atoms with van der Waals surface area (Å²) in [5.74, 6) is 1.00. The Hall–Kier alpha value is -0.830. The fourth-order valence-corrected chi connectivity index (χ4v) is 1.77. The van der Waals surface area contributed by atoms with Gasteiger partial charge < -0.3 is 9.88 Å². The molecule has 78 valence electrons. The third-order valence-electron chi connectivity index (χ3n) is 2.93. The number of hydrogen-bond acceptors (Lipinski definition) is 2.